The molecular weight excluding hydrogens is 509 g/mol. The van der Waals surface area contributed by atoms with Gasteiger partial charge in [-0.1, -0.05) is 42.5 Å². The average Bonchev–Trinajstić information content (AvgIpc) is 3.44. The summed E-state index contributed by atoms with van der Waals surface area (Å²) < 4.78 is 27.6. The van der Waals surface area contributed by atoms with Gasteiger partial charge in [0.1, 0.15) is 11.7 Å². The molecule has 1 fully saturated rings. The highest BCUT2D eigenvalue weighted by Crippen LogP contribution is 2.35. The number of aromatic nitrogens is 4. The van der Waals surface area contributed by atoms with Crippen molar-refractivity contribution >= 4 is 51.3 Å². The third-order valence-electron chi connectivity index (χ3n) is 6.30. The zero-order valence-corrected chi connectivity index (χ0v) is 19.9. The summed E-state index contributed by atoms with van der Waals surface area (Å²) in [5.41, 5.74) is 4.02. The van der Waals surface area contributed by atoms with Gasteiger partial charge in [-0.25, -0.2) is 19.0 Å². The van der Waals surface area contributed by atoms with Gasteiger partial charge in [0.15, 0.2) is 17.7 Å². The van der Waals surface area contributed by atoms with E-state index in [4.69, 9.17) is 26.8 Å². The predicted molar refractivity (Wildman–Crippen MR) is 130 cm³/mol. The number of nitrogen functional groups attached to an aromatic ring is 1. The summed E-state index contributed by atoms with van der Waals surface area (Å²) in [6, 6.07) is 12.5. The molecule has 0 spiro atoms. The fourth-order valence-corrected chi connectivity index (χ4v) is 4.61. The van der Waals surface area contributed by atoms with Crippen molar-refractivity contribution in [1.82, 2.24) is 19.5 Å². The second-order valence-electron chi connectivity index (χ2n) is 8.71. The average molecular weight is 530 g/mol. The van der Waals surface area contributed by atoms with Crippen molar-refractivity contribution in [1.29, 1.82) is 0 Å². The Kier molecular flexibility index (Phi) is 6.40. The SMILES string of the molecule is Nc1nc(Cl)nc2c1ncn2C1OC(COC(Cc2ccc3ccccc3c2)(C(=O)O)C(=O)O)CC1F. The third-order valence-corrected chi connectivity index (χ3v) is 6.47. The number of carboxylic acids is 2. The van der Waals surface area contributed by atoms with Crippen LogP contribution in [0.5, 0.6) is 0 Å². The molecule has 0 bridgehead atoms. The van der Waals surface area contributed by atoms with Gasteiger partial charge in [0.05, 0.1) is 19.0 Å². The maximum absolute atomic E-state index is 15.0. The van der Waals surface area contributed by atoms with E-state index in [0.29, 0.717) is 5.56 Å². The van der Waals surface area contributed by atoms with Crippen LogP contribution in [0.25, 0.3) is 21.9 Å². The zero-order valence-electron chi connectivity index (χ0n) is 19.1. The Bertz CT molecular complexity index is 1500. The van der Waals surface area contributed by atoms with Crippen LogP contribution in [0.2, 0.25) is 5.28 Å². The Hall–Kier alpha value is -3.87. The van der Waals surface area contributed by atoms with Crippen molar-refractivity contribution in [3.8, 4) is 0 Å². The van der Waals surface area contributed by atoms with Gasteiger partial charge in [0.2, 0.25) is 5.28 Å². The summed E-state index contributed by atoms with van der Waals surface area (Å²) in [7, 11) is 0. The van der Waals surface area contributed by atoms with E-state index in [-0.39, 0.29) is 28.7 Å². The second kappa shape index (κ2) is 9.54. The van der Waals surface area contributed by atoms with Gasteiger partial charge >= 0.3 is 11.9 Å². The lowest BCUT2D eigenvalue weighted by atomic mass is 9.92. The highest BCUT2D eigenvalue weighted by Gasteiger charge is 2.50. The first kappa shape index (κ1) is 24.8. The number of anilines is 1. The van der Waals surface area contributed by atoms with E-state index in [1.807, 2.05) is 24.3 Å². The van der Waals surface area contributed by atoms with Crippen LogP contribution in [0.1, 0.15) is 18.2 Å². The lowest BCUT2D eigenvalue weighted by molar-refractivity contribution is -0.188. The molecule has 2 aromatic heterocycles. The van der Waals surface area contributed by atoms with Gasteiger partial charge in [-0.05, 0) is 27.9 Å². The highest BCUT2D eigenvalue weighted by molar-refractivity contribution is 6.28. The van der Waals surface area contributed by atoms with E-state index < -0.39 is 49.1 Å². The number of fused-ring (bicyclic) bond motifs is 2. The van der Waals surface area contributed by atoms with Gasteiger partial charge in [-0.3, -0.25) is 4.57 Å². The Balaban J connectivity index is 1.36. The summed E-state index contributed by atoms with van der Waals surface area (Å²) in [6.45, 7) is -0.479. The summed E-state index contributed by atoms with van der Waals surface area (Å²) in [5, 5.41) is 21.4. The number of carboxylic acid groups (broad SMARTS) is 2. The summed E-state index contributed by atoms with van der Waals surface area (Å²) in [6.07, 6.45) is -3.02. The Morgan fingerprint density at radius 3 is 2.65 bits per heavy atom. The number of benzene rings is 2. The smallest absolute Gasteiger partial charge is 0.348 e. The quantitative estimate of drug-likeness (QED) is 0.228. The van der Waals surface area contributed by atoms with Crippen LogP contribution in [0, 0.1) is 0 Å². The van der Waals surface area contributed by atoms with E-state index >= 15 is 0 Å². The van der Waals surface area contributed by atoms with Crippen LogP contribution < -0.4 is 5.73 Å². The normalized spacial score (nSPS) is 20.0. The largest absolute Gasteiger partial charge is 0.479 e. The first-order valence-electron chi connectivity index (χ1n) is 11.2. The molecule has 3 atom stereocenters. The Morgan fingerprint density at radius 1 is 1.19 bits per heavy atom. The minimum Gasteiger partial charge on any atom is -0.479 e. The van der Waals surface area contributed by atoms with Gasteiger partial charge in [0, 0.05) is 12.8 Å². The van der Waals surface area contributed by atoms with Crippen LogP contribution in [0.4, 0.5) is 10.2 Å². The number of hydrogen-bond donors (Lipinski definition) is 3. The number of aliphatic carboxylic acids is 2. The van der Waals surface area contributed by atoms with E-state index in [0.717, 1.165) is 10.8 Å². The maximum Gasteiger partial charge on any atom is 0.348 e. The van der Waals surface area contributed by atoms with Crippen LogP contribution in [0.15, 0.2) is 48.8 Å². The minimum atomic E-state index is -2.60. The molecule has 37 heavy (non-hydrogen) atoms. The topological polar surface area (TPSA) is 163 Å². The molecule has 11 nitrogen and oxygen atoms in total. The minimum absolute atomic E-state index is 0.0171. The summed E-state index contributed by atoms with van der Waals surface area (Å²) in [4.78, 5) is 36.3. The van der Waals surface area contributed by atoms with Crippen molar-refractivity contribution in [3.05, 3.63) is 59.6 Å². The van der Waals surface area contributed by atoms with Crippen molar-refractivity contribution in [3.63, 3.8) is 0 Å². The van der Waals surface area contributed by atoms with Gasteiger partial charge in [0.25, 0.3) is 5.60 Å². The molecule has 0 amide bonds. The molecule has 1 aliphatic heterocycles. The number of halogens is 2. The summed E-state index contributed by atoms with van der Waals surface area (Å²) >= 11 is 5.87. The predicted octanol–water partition coefficient (Wildman–Crippen LogP) is 3.01. The van der Waals surface area contributed by atoms with Crippen molar-refractivity contribution < 1.29 is 33.7 Å². The van der Waals surface area contributed by atoms with Crippen LogP contribution in [-0.2, 0) is 25.5 Å². The molecule has 0 radical (unpaired) electrons. The third kappa shape index (κ3) is 4.54. The van der Waals surface area contributed by atoms with E-state index in [2.05, 4.69) is 15.0 Å². The fourth-order valence-electron chi connectivity index (χ4n) is 4.44. The van der Waals surface area contributed by atoms with Crippen LogP contribution in [-0.4, -0.2) is 66.2 Å². The molecule has 5 rings (SSSR count). The molecule has 2 aromatic carbocycles. The molecular formula is C24H21ClFN5O6. The molecule has 4 N–H and O–H groups in total. The molecule has 13 heteroatoms. The lowest BCUT2D eigenvalue weighted by Gasteiger charge is -2.27. The first-order valence-corrected chi connectivity index (χ1v) is 11.6. The van der Waals surface area contributed by atoms with E-state index in [1.165, 1.54) is 10.9 Å². The Labute approximate surface area is 213 Å². The van der Waals surface area contributed by atoms with Crippen LogP contribution in [0.3, 0.4) is 0 Å². The molecule has 0 aliphatic carbocycles. The van der Waals surface area contributed by atoms with E-state index in [9.17, 15) is 24.2 Å². The molecule has 0 saturated carbocycles. The molecule has 3 unspecified atom stereocenters. The molecule has 192 valence electrons. The number of carbonyl (C=O) groups is 2. The number of ether oxygens (including phenoxy) is 2. The molecule has 3 heterocycles. The number of hydrogen-bond acceptors (Lipinski definition) is 8. The fraction of sp³-hybridized carbons (Fsp3) is 0.292. The van der Waals surface area contributed by atoms with Crippen molar-refractivity contribution in [2.24, 2.45) is 0 Å². The number of nitrogens with two attached hydrogens (primary N) is 1. The number of rotatable bonds is 8. The zero-order chi connectivity index (χ0) is 26.3. The standard InChI is InChI=1S/C24H21ClFN5O6/c25-23-29-18(27)17-19(30-23)31(11-28-17)20-16(26)8-15(37-20)10-36-24(21(32)33,22(34)35)9-12-5-6-13-3-1-2-4-14(13)7-12/h1-7,11,15-16,20H,8-10H2,(H,32,33)(H,34,35)(H2,27,29,30). The first-order chi connectivity index (χ1) is 17.7. The molecule has 4 aromatic rings. The number of imidazole rings is 1. The van der Waals surface area contributed by atoms with Gasteiger partial charge in [-0.2, -0.15) is 9.97 Å². The lowest BCUT2D eigenvalue weighted by Crippen LogP contribution is -2.52. The molecule has 1 aliphatic rings. The monoisotopic (exact) mass is 529 g/mol. The van der Waals surface area contributed by atoms with E-state index in [1.54, 1.807) is 18.2 Å². The van der Waals surface area contributed by atoms with Crippen molar-refractivity contribution in [2.75, 3.05) is 12.3 Å². The van der Waals surface area contributed by atoms with Crippen molar-refractivity contribution in [2.45, 2.75) is 36.9 Å². The summed E-state index contributed by atoms with van der Waals surface area (Å²) in [5.74, 6) is -3.34. The van der Waals surface area contributed by atoms with Gasteiger partial charge in [-0.15, -0.1) is 0 Å². The maximum atomic E-state index is 15.0. The second-order valence-corrected chi connectivity index (χ2v) is 9.05. The molecule has 1 saturated heterocycles. The number of nitrogens with zero attached hydrogens (tertiary/aromatic N) is 4. The van der Waals surface area contributed by atoms with Gasteiger partial charge < -0.3 is 25.4 Å². The highest BCUT2D eigenvalue weighted by atomic mass is 35.5. The Morgan fingerprint density at radius 2 is 1.92 bits per heavy atom. The van der Waals surface area contributed by atoms with Crippen LogP contribution >= 0.6 is 11.6 Å². The number of alkyl halides is 1.